The van der Waals surface area contributed by atoms with Gasteiger partial charge in [0.15, 0.2) is 0 Å². The fourth-order valence-corrected chi connectivity index (χ4v) is 0.282. The first kappa shape index (κ1) is 8.61. The van der Waals surface area contributed by atoms with E-state index in [1.807, 2.05) is 0 Å². The Morgan fingerprint density at radius 1 is 1.70 bits per heavy atom. The standard InChI is InChI=1S/C5H7NO4/c1-4(6(8)9)3-5(7)10-2/h3H,1-2H3/b4-3+. The van der Waals surface area contributed by atoms with Crippen LogP contribution in [0.1, 0.15) is 6.92 Å². The van der Waals surface area contributed by atoms with Gasteiger partial charge in [-0.3, -0.25) is 10.1 Å². The summed E-state index contributed by atoms with van der Waals surface area (Å²) < 4.78 is 4.15. The van der Waals surface area contributed by atoms with E-state index in [0.29, 0.717) is 0 Å². The van der Waals surface area contributed by atoms with Crippen LogP contribution in [0.4, 0.5) is 0 Å². The highest BCUT2D eigenvalue weighted by atomic mass is 16.6. The molecule has 0 N–H and O–H groups in total. The third kappa shape index (κ3) is 2.81. The van der Waals surface area contributed by atoms with Gasteiger partial charge in [0.05, 0.1) is 18.1 Å². The van der Waals surface area contributed by atoms with E-state index in [9.17, 15) is 14.9 Å². The Kier molecular flexibility index (Phi) is 3.10. The van der Waals surface area contributed by atoms with Crippen LogP contribution in [-0.4, -0.2) is 18.0 Å². The lowest BCUT2D eigenvalue weighted by Gasteiger charge is -1.89. The van der Waals surface area contributed by atoms with Crippen LogP contribution >= 0.6 is 0 Å². The molecule has 0 saturated carbocycles. The number of carbonyl (C=O) groups is 1. The van der Waals surface area contributed by atoms with Crippen LogP contribution in [-0.2, 0) is 9.53 Å². The first-order valence-corrected chi connectivity index (χ1v) is 2.48. The lowest BCUT2D eigenvalue weighted by Crippen LogP contribution is -2.01. The zero-order valence-corrected chi connectivity index (χ0v) is 5.66. The second kappa shape index (κ2) is 3.60. The number of ether oxygens (including phenoxy) is 1. The highest BCUT2D eigenvalue weighted by molar-refractivity contribution is 5.82. The average molecular weight is 145 g/mol. The van der Waals surface area contributed by atoms with Crippen molar-refractivity contribution in [3.63, 3.8) is 0 Å². The van der Waals surface area contributed by atoms with Gasteiger partial charge in [-0.15, -0.1) is 0 Å². The maximum Gasteiger partial charge on any atom is 0.337 e. The summed E-state index contributed by atoms with van der Waals surface area (Å²) in [6.45, 7) is 1.22. The first-order valence-electron chi connectivity index (χ1n) is 2.48. The molecule has 0 aliphatic rings. The third-order valence-electron chi connectivity index (χ3n) is 0.816. The molecule has 0 aliphatic heterocycles. The number of hydrogen-bond acceptors (Lipinski definition) is 4. The van der Waals surface area contributed by atoms with Crippen molar-refractivity contribution in [2.24, 2.45) is 0 Å². The van der Waals surface area contributed by atoms with Crippen molar-refractivity contribution >= 4 is 5.97 Å². The Morgan fingerprint density at radius 3 is 2.50 bits per heavy atom. The maximum absolute atomic E-state index is 10.3. The Bertz CT molecular complexity index is 184. The number of hydrogen-bond donors (Lipinski definition) is 0. The molecule has 0 unspecified atom stereocenters. The third-order valence-corrected chi connectivity index (χ3v) is 0.816. The first-order chi connectivity index (χ1) is 4.57. The van der Waals surface area contributed by atoms with E-state index in [0.717, 1.165) is 13.2 Å². The van der Waals surface area contributed by atoms with E-state index in [2.05, 4.69) is 4.74 Å². The van der Waals surface area contributed by atoms with Gasteiger partial charge in [-0.25, -0.2) is 4.79 Å². The van der Waals surface area contributed by atoms with Gasteiger partial charge in [-0.05, 0) is 0 Å². The highest BCUT2D eigenvalue weighted by Crippen LogP contribution is 1.92. The topological polar surface area (TPSA) is 69.4 Å². The Morgan fingerprint density at radius 2 is 2.20 bits per heavy atom. The molecule has 0 saturated heterocycles. The lowest BCUT2D eigenvalue weighted by molar-refractivity contribution is -0.424. The van der Waals surface area contributed by atoms with Crippen LogP contribution in [0.3, 0.4) is 0 Å². The van der Waals surface area contributed by atoms with Crippen LogP contribution in [0.15, 0.2) is 11.8 Å². The van der Waals surface area contributed by atoms with E-state index >= 15 is 0 Å². The molecule has 0 atom stereocenters. The van der Waals surface area contributed by atoms with Gasteiger partial charge in [0, 0.05) is 6.92 Å². The minimum atomic E-state index is -0.714. The SMILES string of the molecule is COC(=O)/C=C(\C)[N+](=O)[O-]. The number of methoxy groups -OCH3 is 1. The number of nitro groups is 1. The summed E-state index contributed by atoms with van der Waals surface area (Å²) in [5.74, 6) is -0.714. The van der Waals surface area contributed by atoms with E-state index in [4.69, 9.17) is 0 Å². The quantitative estimate of drug-likeness (QED) is 0.243. The van der Waals surface area contributed by atoms with Crippen LogP contribution in [0, 0.1) is 10.1 Å². The fraction of sp³-hybridized carbons (Fsp3) is 0.400. The van der Waals surface area contributed by atoms with E-state index in [1.54, 1.807) is 0 Å². The summed E-state index contributed by atoms with van der Waals surface area (Å²) in [5, 5.41) is 9.88. The van der Waals surface area contributed by atoms with Gasteiger partial charge in [0.1, 0.15) is 0 Å². The number of esters is 1. The van der Waals surface area contributed by atoms with Crippen molar-refractivity contribution in [1.29, 1.82) is 0 Å². The van der Waals surface area contributed by atoms with Crippen molar-refractivity contribution < 1.29 is 14.5 Å². The molecule has 0 aromatic rings. The minimum Gasteiger partial charge on any atom is -0.466 e. The van der Waals surface area contributed by atoms with Crippen molar-refractivity contribution in [2.75, 3.05) is 7.11 Å². The monoisotopic (exact) mass is 145 g/mol. The van der Waals surface area contributed by atoms with E-state index < -0.39 is 10.9 Å². The van der Waals surface area contributed by atoms with Crippen LogP contribution < -0.4 is 0 Å². The normalized spacial score (nSPS) is 10.8. The molecule has 0 aromatic carbocycles. The number of rotatable bonds is 2. The molecular weight excluding hydrogens is 138 g/mol. The molecule has 5 nitrogen and oxygen atoms in total. The Hall–Kier alpha value is -1.39. The van der Waals surface area contributed by atoms with Crippen LogP contribution in [0.25, 0.3) is 0 Å². The van der Waals surface area contributed by atoms with Crippen molar-refractivity contribution in [2.45, 2.75) is 6.92 Å². The zero-order chi connectivity index (χ0) is 8.15. The largest absolute Gasteiger partial charge is 0.466 e. The van der Waals surface area contributed by atoms with Gasteiger partial charge >= 0.3 is 5.97 Å². The predicted octanol–water partition coefficient (Wildman–Crippen LogP) is 0.340. The van der Waals surface area contributed by atoms with Gasteiger partial charge in [-0.2, -0.15) is 0 Å². The molecule has 0 rings (SSSR count). The number of allylic oxidation sites excluding steroid dienone is 1. The minimum absolute atomic E-state index is 0.230. The highest BCUT2D eigenvalue weighted by Gasteiger charge is 2.04. The van der Waals surface area contributed by atoms with Crippen molar-refractivity contribution in [3.05, 3.63) is 21.9 Å². The molecule has 10 heavy (non-hydrogen) atoms. The molecule has 0 heterocycles. The Balaban J connectivity index is 4.16. The summed E-state index contributed by atoms with van der Waals surface area (Å²) >= 11 is 0. The van der Waals surface area contributed by atoms with Gasteiger partial charge in [-0.1, -0.05) is 0 Å². The van der Waals surface area contributed by atoms with Crippen molar-refractivity contribution in [1.82, 2.24) is 0 Å². The summed E-state index contributed by atoms with van der Waals surface area (Å²) in [4.78, 5) is 19.5. The summed E-state index contributed by atoms with van der Waals surface area (Å²) in [6.07, 6.45) is 0.819. The molecule has 5 heteroatoms. The molecule has 0 aromatic heterocycles. The molecular formula is C5H7NO4. The number of nitrogens with zero attached hydrogens (tertiary/aromatic N) is 1. The van der Waals surface area contributed by atoms with E-state index in [-0.39, 0.29) is 5.70 Å². The second-order valence-corrected chi connectivity index (χ2v) is 1.57. The van der Waals surface area contributed by atoms with Gasteiger partial charge in [0.25, 0.3) is 0 Å². The van der Waals surface area contributed by atoms with Gasteiger partial charge < -0.3 is 4.74 Å². The zero-order valence-electron chi connectivity index (χ0n) is 5.66. The molecule has 0 fully saturated rings. The maximum atomic E-state index is 10.3. The summed E-state index contributed by atoms with van der Waals surface area (Å²) in [7, 11) is 1.16. The molecule has 0 radical (unpaired) electrons. The van der Waals surface area contributed by atoms with Gasteiger partial charge in [0.2, 0.25) is 5.70 Å². The summed E-state index contributed by atoms with van der Waals surface area (Å²) in [5.41, 5.74) is -0.230. The molecule has 0 aliphatic carbocycles. The van der Waals surface area contributed by atoms with Crippen molar-refractivity contribution in [3.8, 4) is 0 Å². The smallest absolute Gasteiger partial charge is 0.337 e. The fourth-order valence-electron chi connectivity index (χ4n) is 0.282. The average Bonchev–Trinajstić information content (AvgIpc) is 1.87. The number of carbonyl (C=O) groups excluding carboxylic acids is 1. The molecule has 0 amide bonds. The van der Waals surface area contributed by atoms with E-state index in [1.165, 1.54) is 6.92 Å². The molecule has 0 bridgehead atoms. The predicted molar refractivity (Wildman–Crippen MR) is 32.8 cm³/mol. The second-order valence-electron chi connectivity index (χ2n) is 1.57. The molecule has 0 spiro atoms. The lowest BCUT2D eigenvalue weighted by atomic mass is 10.4. The Labute approximate surface area is 57.4 Å². The molecule has 56 valence electrons. The van der Waals surface area contributed by atoms with Crippen LogP contribution in [0.2, 0.25) is 0 Å². The van der Waals surface area contributed by atoms with Crippen LogP contribution in [0.5, 0.6) is 0 Å². The summed E-state index contributed by atoms with van der Waals surface area (Å²) in [6, 6.07) is 0.